The van der Waals surface area contributed by atoms with Crippen LogP contribution < -0.4 is 4.74 Å². The zero-order chi connectivity index (χ0) is 18.6. The van der Waals surface area contributed by atoms with E-state index in [1.165, 1.54) is 13.3 Å². The molecule has 0 fully saturated rings. The van der Waals surface area contributed by atoms with Gasteiger partial charge in [-0.3, -0.25) is 0 Å². The first-order valence-electron chi connectivity index (χ1n) is 7.85. The number of nitriles is 1. The van der Waals surface area contributed by atoms with Gasteiger partial charge in [0.05, 0.1) is 25.6 Å². The molecule has 0 radical (unpaired) electrons. The van der Waals surface area contributed by atoms with Crippen LogP contribution in [0.2, 0.25) is 0 Å². The van der Waals surface area contributed by atoms with Crippen molar-refractivity contribution in [1.82, 2.24) is 14.8 Å². The van der Waals surface area contributed by atoms with E-state index in [9.17, 15) is 4.79 Å². The quantitative estimate of drug-likeness (QED) is 0.751. The summed E-state index contributed by atoms with van der Waals surface area (Å²) in [5, 5.41) is 13.6. The molecule has 2 aromatic rings. The van der Waals surface area contributed by atoms with Crippen LogP contribution >= 0.6 is 0 Å². The van der Waals surface area contributed by atoms with Gasteiger partial charge in [-0.15, -0.1) is 0 Å². The Balaban J connectivity index is 2.80. The summed E-state index contributed by atoms with van der Waals surface area (Å²) in [6.07, 6.45) is 3.04. The molecule has 2 aromatic heterocycles. The van der Waals surface area contributed by atoms with E-state index in [4.69, 9.17) is 14.7 Å². The Kier molecular flexibility index (Phi) is 5.55. The average Bonchev–Trinajstić information content (AvgIpc) is 3.01. The lowest BCUT2D eigenvalue weighted by molar-refractivity contribution is 0.0518. The summed E-state index contributed by atoms with van der Waals surface area (Å²) in [4.78, 5) is 16.3. The first kappa shape index (κ1) is 18.2. The first-order valence-corrected chi connectivity index (χ1v) is 7.85. The van der Waals surface area contributed by atoms with Crippen molar-refractivity contribution < 1.29 is 14.3 Å². The maximum atomic E-state index is 12.3. The molecule has 0 aliphatic carbocycles. The van der Waals surface area contributed by atoms with E-state index < -0.39 is 5.97 Å². The molecule has 0 N–H and O–H groups in total. The summed E-state index contributed by atoms with van der Waals surface area (Å²) in [7, 11) is 1.51. The third-order valence-electron chi connectivity index (χ3n) is 3.59. The number of carbonyl (C=O) groups is 1. The highest BCUT2D eigenvalue weighted by Crippen LogP contribution is 2.31. The van der Waals surface area contributed by atoms with Gasteiger partial charge in [-0.2, -0.15) is 10.4 Å². The van der Waals surface area contributed by atoms with E-state index in [1.807, 2.05) is 19.9 Å². The van der Waals surface area contributed by atoms with Crippen molar-refractivity contribution in [2.24, 2.45) is 0 Å². The molecule has 0 aliphatic rings. The van der Waals surface area contributed by atoms with Crippen LogP contribution in [0.15, 0.2) is 18.8 Å². The minimum Gasteiger partial charge on any atom is -0.493 e. The Hall–Kier alpha value is -3.14. The fourth-order valence-electron chi connectivity index (χ4n) is 2.55. The Morgan fingerprint density at radius 3 is 2.76 bits per heavy atom. The normalized spacial score (nSPS) is 10.4. The van der Waals surface area contributed by atoms with Gasteiger partial charge in [-0.05, 0) is 12.8 Å². The number of rotatable bonds is 6. The molecular weight excluding hydrogens is 320 g/mol. The van der Waals surface area contributed by atoms with Gasteiger partial charge in [0.2, 0.25) is 0 Å². The molecule has 2 rings (SSSR count). The summed E-state index contributed by atoms with van der Waals surface area (Å²) < 4.78 is 12.0. The lowest BCUT2D eigenvalue weighted by Crippen LogP contribution is -2.09. The second-order valence-electron chi connectivity index (χ2n) is 5.49. The number of hydrogen-bond acceptors (Lipinski definition) is 6. The summed E-state index contributed by atoms with van der Waals surface area (Å²) in [6, 6.07) is 3.56. The minimum absolute atomic E-state index is 0.0343. The van der Waals surface area contributed by atoms with Gasteiger partial charge in [0.1, 0.15) is 17.5 Å². The topological polar surface area (TPSA) is 90.0 Å². The number of nitrogens with zero attached hydrogens (tertiary/aromatic N) is 4. The number of carbonyl (C=O) groups excluding carboxylic acids is 1. The van der Waals surface area contributed by atoms with Crippen LogP contribution in [-0.4, -0.2) is 34.5 Å². The van der Waals surface area contributed by atoms with Gasteiger partial charge in [0, 0.05) is 11.6 Å². The fraction of sp³-hybridized carbons (Fsp3) is 0.333. The Bertz CT molecular complexity index is 847. The third-order valence-corrected chi connectivity index (χ3v) is 3.59. The SMILES string of the molecule is C=Cc1c(C(=O)OCC)nn(-c2cc(C#N)ncc2OC)c1C(C)C. The number of ether oxygens (including phenoxy) is 2. The van der Waals surface area contributed by atoms with Crippen LogP contribution in [0.4, 0.5) is 0 Å². The zero-order valence-corrected chi connectivity index (χ0v) is 14.7. The number of esters is 1. The number of hydrogen-bond donors (Lipinski definition) is 0. The largest absolute Gasteiger partial charge is 0.493 e. The van der Waals surface area contributed by atoms with Crippen molar-refractivity contribution >= 4 is 12.0 Å². The van der Waals surface area contributed by atoms with Gasteiger partial charge < -0.3 is 9.47 Å². The highest BCUT2D eigenvalue weighted by Gasteiger charge is 2.26. The Morgan fingerprint density at radius 2 is 2.24 bits per heavy atom. The molecule has 0 saturated carbocycles. The van der Waals surface area contributed by atoms with E-state index >= 15 is 0 Å². The van der Waals surface area contributed by atoms with Gasteiger partial charge in [0.15, 0.2) is 11.4 Å². The molecule has 0 spiro atoms. The highest BCUT2D eigenvalue weighted by atomic mass is 16.5. The van der Waals surface area contributed by atoms with Crippen LogP contribution in [-0.2, 0) is 4.74 Å². The highest BCUT2D eigenvalue weighted by molar-refractivity contribution is 5.92. The van der Waals surface area contributed by atoms with E-state index in [1.54, 1.807) is 23.7 Å². The summed E-state index contributed by atoms with van der Waals surface area (Å²) in [6.45, 7) is 9.74. The fourth-order valence-corrected chi connectivity index (χ4v) is 2.55. The predicted molar refractivity (Wildman–Crippen MR) is 92.8 cm³/mol. The van der Waals surface area contributed by atoms with E-state index in [0.29, 0.717) is 17.0 Å². The van der Waals surface area contributed by atoms with Crippen molar-refractivity contribution in [3.63, 3.8) is 0 Å². The first-order chi connectivity index (χ1) is 12.0. The smallest absolute Gasteiger partial charge is 0.359 e. The maximum Gasteiger partial charge on any atom is 0.359 e. The predicted octanol–water partition coefficient (Wildman–Crippen LogP) is 3.09. The monoisotopic (exact) mass is 340 g/mol. The van der Waals surface area contributed by atoms with Crippen molar-refractivity contribution in [2.45, 2.75) is 26.7 Å². The molecular formula is C18H20N4O3. The van der Waals surface area contributed by atoms with Crippen molar-refractivity contribution in [1.29, 1.82) is 5.26 Å². The summed E-state index contributed by atoms with van der Waals surface area (Å²) in [5.74, 6) is -0.0481. The van der Waals surface area contributed by atoms with Crippen LogP contribution in [0.5, 0.6) is 5.75 Å². The Morgan fingerprint density at radius 1 is 1.52 bits per heavy atom. The third kappa shape index (κ3) is 3.38. The molecule has 0 atom stereocenters. The van der Waals surface area contributed by atoms with E-state index in [0.717, 1.165) is 5.69 Å². The molecule has 130 valence electrons. The van der Waals surface area contributed by atoms with E-state index in [-0.39, 0.29) is 23.9 Å². The molecule has 0 aliphatic heterocycles. The van der Waals surface area contributed by atoms with Gasteiger partial charge >= 0.3 is 5.97 Å². The second kappa shape index (κ2) is 7.62. The summed E-state index contributed by atoms with van der Waals surface area (Å²) >= 11 is 0. The standard InChI is InChI=1S/C18H20N4O3/c1-6-13-16(18(23)25-7-2)21-22(17(13)11(3)4)14-8-12(9-19)20-10-15(14)24-5/h6,8,10-11H,1,7H2,2-5H3. The van der Waals surface area contributed by atoms with Crippen molar-refractivity contribution in [3.8, 4) is 17.5 Å². The zero-order valence-electron chi connectivity index (χ0n) is 14.7. The molecule has 7 nitrogen and oxygen atoms in total. The molecule has 7 heteroatoms. The lowest BCUT2D eigenvalue weighted by atomic mass is 10.0. The number of aromatic nitrogens is 3. The molecule has 0 amide bonds. The second-order valence-corrected chi connectivity index (χ2v) is 5.49. The molecule has 0 aromatic carbocycles. The van der Waals surface area contributed by atoms with Crippen LogP contribution in [0.3, 0.4) is 0 Å². The van der Waals surface area contributed by atoms with Crippen molar-refractivity contribution in [3.05, 3.63) is 41.5 Å². The number of methoxy groups -OCH3 is 1. The molecule has 25 heavy (non-hydrogen) atoms. The van der Waals surface area contributed by atoms with Gasteiger partial charge in [-0.1, -0.05) is 26.5 Å². The van der Waals surface area contributed by atoms with Crippen LogP contribution in [0, 0.1) is 11.3 Å². The van der Waals surface area contributed by atoms with Crippen LogP contribution in [0.25, 0.3) is 11.8 Å². The minimum atomic E-state index is -0.522. The summed E-state index contributed by atoms with van der Waals surface area (Å²) in [5.41, 5.74) is 2.30. The average molecular weight is 340 g/mol. The molecule has 0 unspecified atom stereocenters. The van der Waals surface area contributed by atoms with E-state index in [2.05, 4.69) is 16.7 Å². The molecule has 2 heterocycles. The van der Waals surface area contributed by atoms with Crippen molar-refractivity contribution in [2.75, 3.05) is 13.7 Å². The molecule has 0 bridgehead atoms. The van der Waals surface area contributed by atoms with Gasteiger partial charge in [0.25, 0.3) is 0 Å². The maximum absolute atomic E-state index is 12.3. The van der Waals surface area contributed by atoms with Gasteiger partial charge in [-0.25, -0.2) is 14.5 Å². The molecule has 0 saturated heterocycles. The number of pyridine rings is 1. The lowest BCUT2D eigenvalue weighted by Gasteiger charge is -2.14. The Labute approximate surface area is 146 Å². The van der Waals surface area contributed by atoms with Crippen LogP contribution in [0.1, 0.15) is 54.1 Å².